The first-order valence-corrected chi connectivity index (χ1v) is 8.17. The predicted octanol–water partition coefficient (Wildman–Crippen LogP) is 1.90. The van der Waals surface area contributed by atoms with Crippen LogP contribution in [0, 0.1) is 0 Å². The smallest absolute Gasteiger partial charge is 0.0410 e. The van der Waals surface area contributed by atoms with Gasteiger partial charge in [0.15, 0.2) is 0 Å². The summed E-state index contributed by atoms with van der Waals surface area (Å²) in [4.78, 5) is 4.99. The first kappa shape index (κ1) is 15.0. The summed E-state index contributed by atoms with van der Waals surface area (Å²) < 4.78 is 0. The van der Waals surface area contributed by atoms with Crippen LogP contribution in [0.2, 0.25) is 0 Å². The monoisotopic (exact) mass is 287 g/mol. The number of hydrogen-bond acceptors (Lipinski definition) is 3. The average molecular weight is 287 g/mol. The third-order valence-electron chi connectivity index (χ3n) is 6.11. The van der Waals surface area contributed by atoms with Crippen LogP contribution in [0.3, 0.4) is 0 Å². The molecule has 1 aromatic carbocycles. The van der Waals surface area contributed by atoms with Crippen LogP contribution in [-0.2, 0) is 12.8 Å². The fourth-order valence-electron chi connectivity index (χ4n) is 4.18. The number of nitrogens with two attached hydrogens (primary N) is 1. The zero-order chi connectivity index (χ0) is 15.1. The maximum Gasteiger partial charge on any atom is 0.0410 e. The fraction of sp³-hybridized carbons (Fsp3) is 0.667. The summed E-state index contributed by atoms with van der Waals surface area (Å²) in [6, 6.07) is 8.84. The summed E-state index contributed by atoms with van der Waals surface area (Å²) in [6.07, 6.45) is 6.19. The highest BCUT2D eigenvalue weighted by Gasteiger charge is 2.46. The maximum absolute atomic E-state index is 6.25. The van der Waals surface area contributed by atoms with E-state index < -0.39 is 0 Å². The van der Waals surface area contributed by atoms with Gasteiger partial charge in [-0.05, 0) is 64.4 Å². The Kier molecular flexibility index (Phi) is 3.85. The van der Waals surface area contributed by atoms with E-state index in [1.54, 1.807) is 0 Å². The SMILES string of the molecule is CN(C)C1(CN(C)C2(CN)Cc3ccccc3C2)CCC1. The minimum Gasteiger partial charge on any atom is -0.329 e. The van der Waals surface area contributed by atoms with Gasteiger partial charge in [-0.25, -0.2) is 0 Å². The molecule has 1 fully saturated rings. The van der Waals surface area contributed by atoms with Gasteiger partial charge < -0.3 is 10.6 Å². The van der Waals surface area contributed by atoms with Crippen LogP contribution in [-0.4, -0.2) is 55.1 Å². The second-order valence-electron chi connectivity index (χ2n) is 7.38. The third kappa shape index (κ3) is 2.41. The highest BCUT2D eigenvalue weighted by Crippen LogP contribution is 2.40. The second-order valence-corrected chi connectivity index (χ2v) is 7.38. The van der Waals surface area contributed by atoms with Crippen molar-refractivity contribution in [2.24, 2.45) is 5.73 Å². The zero-order valence-corrected chi connectivity index (χ0v) is 13.7. The summed E-state index contributed by atoms with van der Waals surface area (Å²) in [7, 11) is 6.74. The van der Waals surface area contributed by atoms with Gasteiger partial charge in [-0.15, -0.1) is 0 Å². The molecule has 1 saturated carbocycles. The molecule has 0 spiro atoms. The van der Waals surface area contributed by atoms with E-state index in [2.05, 4.69) is 55.2 Å². The molecule has 0 unspecified atom stereocenters. The van der Waals surface area contributed by atoms with E-state index in [0.29, 0.717) is 5.54 Å². The first-order valence-electron chi connectivity index (χ1n) is 8.17. The minimum absolute atomic E-state index is 0.113. The lowest BCUT2D eigenvalue weighted by Crippen LogP contribution is -2.63. The topological polar surface area (TPSA) is 32.5 Å². The van der Waals surface area contributed by atoms with E-state index in [9.17, 15) is 0 Å². The summed E-state index contributed by atoms with van der Waals surface area (Å²) >= 11 is 0. The number of rotatable bonds is 5. The van der Waals surface area contributed by atoms with Gasteiger partial charge in [0.25, 0.3) is 0 Å². The molecule has 3 rings (SSSR count). The van der Waals surface area contributed by atoms with E-state index in [4.69, 9.17) is 5.73 Å². The summed E-state index contributed by atoms with van der Waals surface area (Å²) in [5.41, 5.74) is 9.70. The van der Waals surface area contributed by atoms with E-state index >= 15 is 0 Å². The van der Waals surface area contributed by atoms with Crippen LogP contribution in [0.5, 0.6) is 0 Å². The highest BCUT2D eigenvalue weighted by atomic mass is 15.3. The molecule has 0 aliphatic heterocycles. The molecular formula is C18H29N3. The molecule has 2 aliphatic rings. The largest absolute Gasteiger partial charge is 0.329 e. The molecule has 2 N–H and O–H groups in total. The third-order valence-corrected chi connectivity index (χ3v) is 6.11. The molecule has 21 heavy (non-hydrogen) atoms. The van der Waals surface area contributed by atoms with E-state index in [1.165, 1.54) is 30.4 Å². The Morgan fingerprint density at radius 3 is 1.95 bits per heavy atom. The Hall–Kier alpha value is -0.900. The standard InChI is InChI=1S/C18H29N3/c1-20(2)17(9-6-10-17)14-21(3)18(13-19)11-15-7-4-5-8-16(15)12-18/h4-5,7-8H,6,9-14,19H2,1-3H3. The molecule has 3 heteroatoms. The van der Waals surface area contributed by atoms with Crippen molar-refractivity contribution in [3.63, 3.8) is 0 Å². The lowest BCUT2D eigenvalue weighted by atomic mass is 9.74. The van der Waals surface area contributed by atoms with Gasteiger partial charge in [-0.1, -0.05) is 24.3 Å². The van der Waals surface area contributed by atoms with Crippen molar-refractivity contribution in [2.75, 3.05) is 34.2 Å². The predicted molar refractivity (Wildman–Crippen MR) is 88.5 cm³/mol. The molecule has 0 saturated heterocycles. The molecule has 0 amide bonds. The molecule has 2 aliphatic carbocycles. The van der Waals surface area contributed by atoms with Crippen LogP contribution in [0.4, 0.5) is 0 Å². The van der Waals surface area contributed by atoms with Gasteiger partial charge in [-0.2, -0.15) is 0 Å². The van der Waals surface area contributed by atoms with E-state index in [1.807, 2.05) is 0 Å². The summed E-state index contributed by atoms with van der Waals surface area (Å²) in [5, 5.41) is 0. The quantitative estimate of drug-likeness (QED) is 0.898. The van der Waals surface area contributed by atoms with Crippen molar-refractivity contribution in [3.8, 4) is 0 Å². The highest BCUT2D eigenvalue weighted by molar-refractivity contribution is 5.36. The van der Waals surface area contributed by atoms with Gasteiger partial charge in [0, 0.05) is 24.2 Å². The first-order chi connectivity index (χ1) is 10.0. The number of hydrogen-bond donors (Lipinski definition) is 1. The van der Waals surface area contributed by atoms with Gasteiger partial charge in [-0.3, -0.25) is 4.90 Å². The van der Waals surface area contributed by atoms with E-state index in [0.717, 1.165) is 25.9 Å². The Bertz CT molecular complexity index is 480. The lowest BCUT2D eigenvalue weighted by Gasteiger charge is -2.52. The Balaban J connectivity index is 1.78. The molecule has 1 aromatic rings. The van der Waals surface area contributed by atoms with E-state index in [-0.39, 0.29) is 5.54 Å². The molecule has 3 nitrogen and oxygen atoms in total. The van der Waals surface area contributed by atoms with Crippen LogP contribution in [0.1, 0.15) is 30.4 Å². The molecule has 0 atom stereocenters. The van der Waals surface area contributed by atoms with Crippen LogP contribution < -0.4 is 5.73 Å². The second kappa shape index (κ2) is 5.38. The molecule has 116 valence electrons. The number of likely N-dealkylation sites (N-methyl/N-ethyl adjacent to an activating group) is 2. The van der Waals surface area contributed by atoms with Gasteiger partial charge in [0.1, 0.15) is 0 Å². The Morgan fingerprint density at radius 2 is 1.57 bits per heavy atom. The van der Waals surface area contributed by atoms with Crippen molar-refractivity contribution < 1.29 is 0 Å². The molecular weight excluding hydrogens is 258 g/mol. The molecule has 0 heterocycles. The number of fused-ring (bicyclic) bond motifs is 1. The van der Waals surface area contributed by atoms with Gasteiger partial charge >= 0.3 is 0 Å². The van der Waals surface area contributed by atoms with Crippen molar-refractivity contribution in [3.05, 3.63) is 35.4 Å². The van der Waals surface area contributed by atoms with Gasteiger partial charge in [0.2, 0.25) is 0 Å². The molecule has 0 radical (unpaired) electrons. The lowest BCUT2D eigenvalue weighted by molar-refractivity contribution is -0.00531. The normalized spacial score (nSPS) is 22.4. The fourth-order valence-corrected chi connectivity index (χ4v) is 4.18. The summed E-state index contributed by atoms with van der Waals surface area (Å²) in [6.45, 7) is 1.87. The minimum atomic E-state index is 0.113. The van der Waals surface area contributed by atoms with Crippen molar-refractivity contribution in [2.45, 2.75) is 43.2 Å². The maximum atomic E-state index is 6.25. The van der Waals surface area contributed by atoms with Crippen LogP contribution in [0.15, 0.2) is 24.3 Å². The Labute approximate surface area is 129 Å². The average Bonchev–Trinajstić information content (AvgIpc) is 2.82. The Morgan fingerprint density at radius 1 is 1.00 bits per heavy atom. The van der Waals surface area contributed by atoms with Crippen LogP contribution in [0.25, 0.3) is 0 Å². The molecule has 0 bridgehead atoms. The van der Waals surface area contributed by atoms with Crippen molar-refractivity contribution in [1.29, 1.82) is 0 Å². The zero-order valence-electron chi connectivity index (χ0n) is 13.7. The summed E-state index contributed by atoms with van der Waals surface area (Å²) in [5.74, 6) is 0. The number of benzene rings is 1. The number of nitrogens with zero attached hydrogens (tertiary/aromatic N) is 2. The van der Waals surface area contributed by atoms with Crippen molar-refractivity contribution in [1.82, 2.24) is 9.80 Å². The van der Waals surface area contributed by atoms with Crippen LogP contribution >= 0.6 is 0 Å². The molecule has 0 aromatic heterocycles. The van der Waals surface area contributed by atoms with Gasteiger partial charge in [0.05, 0.1) is 0 Å². The van der Waals surface area contributed by atoms with Crippen molar-refractivity contribution >= 4 is 0 Å².